The highest BCUT2D eigenvalue weighted by atomic mass is 16.4. The van der Waals surface area contributed by atoms with Gasteiger partial charge >= 0.3 is 0 Å². The average Bonchev–Trinajstić information content (AvgIpc) is 3.34. The van der Waals surface area contributed by atoms with E-state index >= 15 is 0 Å². The largest absolute Gasteiger partial charge is 0.459 e. The van der Waals surface area contributed by atoms with Crippen molar-refractivity contribution < 1.29 is 13.6 Å². The predicted molar refractivity (Wildman–Crippen MR) is 86.6 cm³/mol. The number of aryl methyl sites for hydroxylation is 1. The van der Waals surface area contributed by atoms with Crippen molar-refractivity contribution in [1.82, 2.24) is 25.1 Å². The molecule has 0 radical (unpaired) electrons. The molecule has 1 atom stereocenters. The van der Waals surface area contributed by atoms with E-state index in [0.717, 1.165) is 12.8 Å². The Hall–Kier alpha value is -3.03. The molecule has 4 heterocycles. The number of aromatic nitrogens is 4. The summed E-state index contributed by atoms with van der Waals surface area (Å²) < 4.78 is 11.0. The van der Waals surface area contributed by atoms with Gasteiger partial charge in [0.25, 0.3) is 11.8 Å². The number of amides is 1. The summed E-state index contributed by atoms with van der Waals surface area (Å²) in [5.74, 6) is 1.87. The zero-order valence-electron chi connectivity index (χ0n) is 13.8. The van der Waals surface area contributed by atoms with Gasteiger partial charge < -0.3 is 13.7 Å². The highest BCUT2D eigenvalue weighted by Gasteiger charge is 2.30. The average molecular weight is 339 g/mol. The third-order valence-electron chi connectivity index (χ3n) is 4.26. The highest BCUT2D eigenvalue weighted by Crippen LogP contribution is 2.28. The maximum absolute atomic E-state index is 12.4. The first-order valence-electron chi connectivity index (χ1n) is 8.16. The molecule has 0 bridgehead atoms. The van der Waals surface area contributed by atoms with Crippen LogP contribution in [0, 0.1) is 6.92 Å². The predicted octanol–water partition coefficient (Wildman–Crippen LogP) is 2.45. The van der Waals surface area contributed by atoms with Crippen molar-refractivity contribution in [2.75, 3.05) is 13.1 Å². The van der Waals surface area contributed by atoms with Crippen molar-refractivity contribution in [3.8, 4) is 11.5 Å². The Morgan fingerprint density at radius 1 is 1.28 bits per heavy atom. The minimum absolute atomic E-state index is 0.0141. The van der Waals surface area contributed by atoms with Gasteiger partial charge in [-0.1, -0.05) is 0 Å². The van der Waals surface area contributed by atoms with Crippen molar-refractivity contribution in [3.05, 3.63) is 48.3 Å². The molecule has 4 rings (SSSR count). The van der Waals surface area contributed by atoms with E-state index in [1.54, 1.807) is 29.4 Å². The zero-order chi connectivity index (χ0) is 17.2. The van der Waals surface area contributed by atoms with Crippen LogP contribution in [0.1, 0.15) is 41.0 Å². The first-order valence-corrected chi connectivity index (χ1v) is 8.16. The Kier molecular flexibility index (Phi) is 4.01. The molecule has 3 aromatic rings. The lowest BCUT2D eigenvalue weighted by atomic mass is 9.98. The van der Waals surface area contributed by atoms with Crippen LogP contribution >= 0.6 is 0 Å². The van der Waals surface area contributed by atoms with Gasteiger partial charge in [-0.3, -0.25) is 4.79 Å². The van der Waals surface area contributed by atoms with Gasteiger partial charge in [0.05, 0.1) is 17.7 Å². The van der Waals surface area contributed by atoms with Crippen LogP contribution in [0.2, 0.25) is 0 Å². The van der Waals surface area contributed by atoms with Crippen molar-refractivity contribution in [2.24, 2.45) is 0 Å². The van der Waals surface area contributed by atoms with Crippen molar-refractivity contribution in [3.63, 3.8) is 0 Å². The summed E-state index contributed by atoms with van der Waals surface area (Å²) in [5.41, 5.74) is 0.684. The minimum atomic E-state index is -0.110. The van der Waals surface area contributed by atoms with Crippen molar-refractivity contribution >= 4 is 5.91 Å². The van der Waals surface area contributed by atoms with E-state index in [0.29, 0.717) is 42.0 Å². The second-order valence-electron chi connectivity index (χ2n) is 6.03. The van der Waals surface area contributed by atoms with E-state index in [1.807, 2.05) is 6.92 Å². The number of furan rings is 1. The van der Waals surface area contributed by atoms with Gasteiger partial charge in [0, 0.05) is 25.5 Å². The molecule has 1 aliphatic rings. The number of hydrogen-bond acceptors (Lipinski definition) is 7. The molecule has 8 heteroatoms. The first-order chi connectivity index (χ1) is 12.2. The summed E-state index contributed by atoms with van der Waals surface area (Å²) in [6.07, 6.45) is 6.60. The topological polar surface area (TPSA) is 98.2 Å². The SMILES string of the molecule is Cc1ncc(-c2nnc(C3CCCN(C(=O)c4ccco4)C3)o2)cn1. The van der Waals surface area contributed by atoms with Gasteiger partial charge in [0.15, 0.2) is 5.76 Å². The molecule has 1 unspecified atom stereocenters. The fraction of sp³-hybridized carbons (Fsp3) is 0.353. The van der Waals surface area contributed by atoms with Crippen LogP contribution in [-0.4, -0.2) is 44.1 Å². The van der Waals surface area contributed by atoms with Crippen LogP contribution in [0.25, 0.3) is 11.5 Å². The standard InChI is InChI=1S/C17H17N5O3/c1-11-18-8-13(9-19-11)16-21-20-15(25-16)12-4-2-6-22(10-12)17(23)14-5-3-7-24-14/h3,5,7-9,12H,2,4,6,10H2,1H3. The number of hydrogen-bond donors (Lipinski definition) is 0. The van der Waals surface area contributed by atoms with Crippen LogP contribution in [0.3, 0.4) is 0 Å². The van der Waals surface area contributed by atoms with Crippen LogP contribution in [0.15, 0.2) is 39.6 Å². The molecular formula is C17H17N5O3. The van der Waals surface area contributed by atoms with Gasteiger partial charge in [-0.2, -0.15) is 0 Å². The Morgan fingerprint density at radius 3 is 2.88 bits per heavy atom. The first kappa shape index (κ1) is 15.5. The number of carbonyl (C=O) groups is 1. The fourth-order valence-electron chi connectivity index (χ4n) is 2.94. The van der Waals surface area contributed by atoms with E-state index in [4.69, 9.17) is 8.83 Å². The van der Waals surface area contributed by atoms with Gasteiger partial charge in [-0.25, -0.2) is 9.97 Å². The van der Waals surface area contributed by atoms with Crippen LogP contribution in [0.4, 0.5) is 0 Å². The Bertz CT molecular complexity index is 857. The summed E-state index contributed by atoms with van der Waals surface area (Å²) in [6, 6.07) is 3.39. The van der Waals surface area contributed by atoms with Gasteiger partial charge in [0.2, 0.25) is 5.89 Å². The Balaban J connectivity index is 1.50. The number of rotatable bonds is 3. The molecular weight excluding hydrogens is 322 g/mol. The third-order valence-corrected chi connectivity index (χ3v) is 4.26. The maximum Gasteiger partial charge on any atom is 0.289 e. The molecule has 1 amide bonds. The zero-order valence-corrected chi connectivity index (χ0v) is 13.8. The van der Waals surface area contributed by atoms with Crippen LogP contribution in [0.5, 0.6) is 0 Å². The summed E-state index contributed by atoms with van der Waals surface area (Å²) in [7, 11) is 0. The minimum Gasteiger partial charge on any atom is -0.459 e. The Morgan fingerprint density at radius 2 is 2.12 bits per heavy atom. The smallest absolute Gasteiger partial charge is 0.289 e. The lowest BCUT2D eigenvalue weighted by Gasteiger charge is -2.30. The number of likely N-dealkylation sites (tertiary alicyclic amines) is 1. The summed E-state index contributed by atoms with van der Waals surface area (Å²) in [6.45, 7) is 3.05. The molecule has 1 aliphatic heterocycles. The summed E-state index contributed by atoms with van der Waals surface area (Å²) in [5, 5.41) is 8.25. The lowest BCUT2D eigenvalue weighted by Crippen LogP contribution is -2.39. The lowest BCUT2D eigenvalue weighted by molar-refractivity contribution is 0.0666. The van der Waals surface area contributed by atoms with E-state index in [1.165, 1.54) is 6.26 Å². The molecule has 3 aromatic heterocycles. The van der Waals surface area contributed by atoms with Crippen LogP contribution < -0.4 is 0 Å². The molecule has 8 nitrogen and oxygen atoms in total. The quantitative estimate of drug-likeness (QED) is 0.722. The molecule has 1 saturated heterocycles. The molecule has 0 aromatic carbocycles. The van der Waals surface area contributed by atoms with Crippen molar-refractivity contribution in [2.45, 2.75) is 25.7 Å². The molecule has 0 spiro atoms. The highest BCUT2D eigenvalue weighted by molar-refractivity contribution is 5.91. The van der Waals surface area contributed by atoms with Crippen molar-refractivity contribution in [1.29, 1.82) is 0 Å². The molecule has 0 saturated carbocycles. The van der Waals surface area contributed by atoms with Crippen LogP contribution in [-0.2, 0) is 0 Å². The number of nitrogens with zero attached hydrogens (tertiary/aromatic N) is 5. The summed E-state index contributed by atoms with van der Waals surface area (Å²) in [4.78, 5) is 22.5. The van der Waals surface area contributed by atoms with E-state index < -0.39 is 0 Å². The maximum atomic E-state index is 12.4. The number of piperidine rings is 1. The third kappa shape index (κ3) is 3.15. The monoisotopic (exact) mass is 339 g/mol. The van der Waals surface area contributed by atoms with Gasteiger partial charge in [0.1, 0.15) is 5.82 Å². The normalized spacial score (nSPS) is 17.6. The van der Waals surface area contributed by atoms with E-state index in [2.05, 4.69) is 20.2 Å². The van der Waals surface area contributed by atoms with E-state index in [9.17, 15) is 4.79 Å². The molecule has 0 aliphatic carbocycles. The molecule has 25 heavy (non-hydrogen) atoms. The van der Waals surface area contributed by atoms with E-state index in [-0.39, 0.29) is 11.8 Å². The second-order valence-corrected chi connectivity index (χ2v) is 6.03. The van der Waals surface area contributed by atoms with Gasteiger partial charge in [-0.15, -0.1) is 10.2 Å². The number of carbonyl (C=O) groups excluding carboxylic acids is 1. The van der Waals surface area contributed by atoms with Gasteiger partial charge in [-0.05, 0) is 31.9 Å². The Labute approximate surface area is 143 Å². The second kappa shape index (κ2) is 6.46. The molecule has 1 fully saturated rings. The fourth-order valence-corrected chi connectivity index (χ4v) is 2.94. The molecule has 0 N–H and O–H groups in total. The molecule has 128 valence electrons. The summed E-state index contributed by atoms with van der Waals surface area (Å²) >= 11 is 0.